The van der Waals surface area contributed by atoms with Crippen molar-refractivity contribution in [2.75, 3.05) is 44.2 Å². The van der Waals surface area contributed by atoms with Crippen molar-refractivity contribution in [3.05, 3.63) is 5.82 Å². The molecule has 0 bridgehead atoms. The van der Waals surface area contributed by atoms with E-state index >= 15 is 0 Å². The number of piperidine rings is 1. The Morgan fingerprint density at radius 2 is 2.12 bits per heavy atom. The van der Waals surface area contributed by atoms with E-state index in [2.05, 4.69) is 31.4 Å². The molecule has 1 saturated carbocycles. The lowest BCUT2D eigenvalue weighted by Crippen LogP contribution is -2.38. The third kappa shape index (κ3) is 3.04. The minimum absolute atomic E-state index is 0.291. The lowest BCUT2D eigenvalue weighted by molar-refractivity contribution is -0.133. The number of hydrogen-bond donors (Lipinski definition) is 1. The second-order valence-corrected chi connectivity index (χ2v) is 8.11. The van der Waals surface area contributed by atoms with Crippen molar-refractivity contribution in [3.63, 3.8) is 0 Å². The first-order chi connectivity index (χ1) is 11.7. The first kappa shape index (κ1) is 16.3. The van der Waals surface area contributed by atoms with E-state index in [0.717, 1.165) is 69.5 Å². The van der Waals surface area contributed by atoms with Crippen molar-refractivity contribution in [2.24, 2.45) is 11.3 Å². The average Bonchev–Trinajstić information content (AvgIpc) is 3.18. The second kappa shape index (κ2) is 6.59. The highest BCUT2D eigenvalue weighted by atomic mass is 32.1. The molecule has 4 rings (SSSR count). The summed E-state index contributed by atoms with van der Waals surface area (Å²) in [5.41, 5.74) is 0.337. The van der Waals surface area contributed by atoms with E-state index in [1.165, 1.54) is 24.4 Å². The van der Waals surface area contributed by atoms with Crippen LogP contribution in [0.2, 0.25) is 0 Å². The maximum absolute atomic E-state index is 12.9. The van der Waals surface area contributed by atoms with Gasteiger partial charge in [0.25, 0.3) is 0 Å². The first-order valence-electron chi connectivity index (χ1n) is 9.29. The van der Waals surface area contributed by atoms with Crippen molar-refractivity contribution < 1.29 is 4.79 Å². The lowest BCUT2D eigenvalue weighted by atomic mass is 9.91. The number of rotatable bonds is 3. The highest BCUT2D eigenvalue weighted by Gasteiger charge is 2.58. The van der Waals surface area contributed by atoms with E-state index in [0.29, 0.717) is 17.2 Å². The number of anilines is 1. The van der Waals surface area contributed by atoms with Crippen LogP contribution in [-0.2, 0) is 11.2 Å². The van der Waals surface area contributed by atoms with Gasteiger partial charge in [-0.05, 0) is 44.2 Å². The van der Waals surface area contributed by atoms with Crippen LogP contribution < -0.4 is 10.2 Å². The minimum Gasteiger partial charge on any atom is -0.345 e. The summed E-state index contributed by atoms with van der Waals surface area (Å²) in [6, 6.07) is 0. The summed E-state index contributed by atoms with van der Waals surface area (Å²) < 4.78 is 4.39. The molecule has 3 heterocycles. The Balaban J connectivity index is 1.35. The summed E-state index contributed by atoms with van der Waals surface area (Å²) in [5.74, 6) is 1.63. The number of aryl methyl sites for hydroxylation is 1. The molecule has 0 radical (unpaired) electrons. The van der Waals surface area contributed by atoms with Crippen LogP contribution in [0.3, 0.4) is 0 Å². The molecule has 1 aromatic rings. The summed E-state index contributed by atoms with van der Waals surface area (Å²) in [6.07, 6.45) is 5.37. The quantitative estimate of drug-likeness (QED) is 0.897. The molecule has 2 aliphatic heterocycles. The lowest BCUT2D eigenvalue weighted by Gasteiger charge is -2.26. The van der Waals surface area contributed by atoms with Crippen LogP contribution >= 0.6 is 11.5 Å². The molecule has 1 spiro atoms. The number of aromatic nitrogens is 2. The zero-order valence-corrected chi connectivity index (χ0v) is 15.3. The molecule has 2 saturated heterocycles. The number of nitrogens with one attached hydrogen (secondary N) is 1. The Kier molecular flexibility index (Phi) is 4.47. The number of hydrogen-bond acceptors (Lipinski definition) is 6. The molecule has 3 aliphatic rings. The standard InChI is InChI=1S/C17H27N5OS/c1-2-14-19-16(24-20-14)22-9-3-8-21(10-11-22)15(23)13-12-17(13)4-6-18-7-5-17/h13,18H,2-12H2,1H3. The Morgan fingerprint density at radius 3 is 2.88 bits per heavy atom. The number of carbonyl (C=O) groups excluding carboxylic acids is 1. The van der Waals surface area contributed by atoms with Gasteiger partial charge in [0.1, 0.15) is 5.82 Å². The topological polar surface area (TPSA) is 61.4 Å². The summed E-state index contributed by atoms with van der Waals surface area (Å²) in [7, 11) is 0. The number of amides is 1. The largest absolute Gasteiger partial charge is 0.345 e. The fourth-order valence-corrected chi connectivity index (χ4v) is 5.04. The molecule has 1 N–H and O–H groups in total. The van der Waals surface area contributed by atoms with E-state index in [9.17, 15) is 4.79 Å². The normalized spacial score (nSPS) is 26.5. The molecular weight excluding hydrogens is 322 g/mol. The molecule has 1 aliphatic carbocycles. The molecule has 1 amide bonds. The van der Waals surface area contributed by atoms with Gasteiger partial charge in [0, 0.05) is 50.1 Å². The average molecular weight is 350 g/mol. The third-order valence-corrected chi connectivity index (χ3v) is 6.75. The molecule has 3 fully saturated rings. The summed E-state index contributed by atoms with van der Waals surface area (Å²) in [4.78, 5) is 22.0. The van der Waals surface area contributed by atoms with Gasteiger partial charge < -0.3 is 15.1 Å². The van der Waals surface area contributed by atoms with E-state index < -0.39 is 0 Å². The van der Waals surface area contributed by atoms with E-state index in [-0.39, 0.29) is 0 Å². The van der Waals surface area contributed by atoms with Crippen molar-refractivity contribution in [2.45, 2.75) is 39.0 Å². The van der Waals surface area contributed by atoms with Gasteiger partial charge in [-0.1, -0.05) is 6.92 Å². The molecule has 1 aromatic heterocycles. The van der Waals surface area contributed by atoms with Gasteiger partial charge in [-0.2, -0.15) is 4.37 Å². The summed E-state index contributed by atoms with van der Waals surface area (Å²) >= 11 is 1.49. The first-order valence-corrected chi connectivity index (χ1v) is 10.1. The van der Waals surface area contributed by atoms with Gasteiger partial charge in [0.15, 0.2) is 0 Å². The van der Waals surface area contributed by atoms with Gasteiger partial charge >= 0.3 is 0 Å². The van der Waals surface area contributed by atoms with Crippen LogP contribution in [-0.4, -0.2) is 59.4 Å². The van der Waals surface area contributed by atoms with E-state index in [1.54, 1.807) is 0 Å². The number of nitrogens with zero attached hydrogens (tertiary/aromatic N) is 4. The molecule has 7 heteroatoms. The van der Waals surface area contributed by atoms with Crippen molar-refractivity contribution in [3.8, 4) is 0 Å². The van der Waals surface area contributed by atoms with Crippen LogP contribution in [0.25, 0.3) is 0 Å². The van der Waals surface area contributed by atoms with Gasteiger partial charge in [0.2, 0.25) is 11.0 Å². The van der Waals surface area contributed by atoms with Crippen LogP contribution in [0.15, 0.2) is 0 Å². The highest BCUT2D eigenvalue weighted by Crippen LogP contribution is 2.59. The molecule has 1 unspecified atom stereocenters. The SMILES string of the molecule is CCc1nsc(N2CCCN(C(=O)C3CC34CCNCC4)CC2)n1. The second-order valence-electron chi connectivity index (χ2n) is 7.38. The highest BCUT2D eigenvalue weighted by molar-refractivity contribution is 7.09. The van der Waals surface area contributed by atoms with Gasteiger partial charge in [-0.15, -0.1) is 0 Å². The smallest absolute Gasteiger partial charge is 0.226 e. The maximum atomic E-state index is 12.9. The van der Waals surface area contributed by atoms with E-state index in [1.807, 2.05) is 0 Å². The van der Waals surface area contributed by atoms with Crippen LogP contribution in [0.5, 0.6) is 0 Å². The van der Waals surface area contributed by atoms with Crippen LogP contribution in [0.4, 0.5) is 5.13 Å². The Bertz CT molecular complexity index is 598. The molecule has 0 aromatic carbocycles. The zero-order chi connectivity index (χ0) is 16.6. The van der Waals surface area contributed by atoms with Crippen molar-refractivity contribution in [1.29, 1.82) is 0 Å². The molecule has 132 valence electrons. The molecule has 1 atom stereocenters. The van der Waals surface area contributed by atoms with Gasteiger partial charge in [0.05, 0.1) is 0 Å². The van der Waals surface area contributed by atoms with Gasteiger partial charge in [-0.3, -0.25) is 4.79 Å². The van der Waals surface area contributed by atoms with Crippen LogP contribution in [0, 0.1) is 11.3 Å². The predicted molar refractivity (Wildman–Crippen MR) is 95.3 cm³/mol. The number of carbonyl (C=O) groups is 1. The van der Waals surface area contributed by atoms with Crippen LogP contribution in [0.1, 0.15) is 38.4 Å². The van der Waals surface area contributed by atoms with Gasteiger partial charge in [-0.25, -0.2) is 4.98 Å². The Labute approximate surface area is 147 Å². The molecule has 24 heavy (non-hydrogen) atoms. The Hall–Kier alpha value is -1.21. The van der Waals surface area contributed by atoms with Crippen molar-refractivity contribution >= 4 is 22.6 Å². The summed E-state index contributed by atoms with van der Waals surface area (Å²) in [5, 5.41) is 4.43. The maximum Gasteiger partial charge on any atom is 0.226 e. The third-order valence-electron chi connectivity index (χ3n) is 5.94. The monoisotopic (exact) mass is 349 g/mol. The zero-order valence-electron chi connectivity index (χ0n) is 14.5. The molecule has 6 nitrogen and oxygen atoms in total. The predicted octanol–water partition coefficient (Wildman–Crippen LogP) is 1.53. The minimum atomic E-state index is 0.291. The van der Waals surface area contributed by atoms with E-state index in [4.69, 9.17) is 0 Å². The molecular formula is C17H27N5OS. The Morgan fingerprint density at radius 1 is 1.29 bits per heavy atom. The fourth-order valence-electron chi connectivity index (χ4n) is 4.24. The summed E-state index contributed by atoms with van der Waals surface area (Å²) in [6.45, 7) is 7.81. The van der Waals surface area contributed by atoms with Crippen molar-refractivity contribution in [1.82, 2.24) is 19.6 Å². The fraction of sp³-hybridized carbons (Fsp3) is 0.824.